The smallest absolute Gasteiger partial charge is 0.176 e. The fourth-order valence-corrected chi connectivity index (χ4v) is 3.56. The molecule has 1 atom stereocenters. The fourth-order valence-electron chi connectivity index (χ4n) is 2.48. The van der Waals surface area contributed by atoms with E-state index in [0.717, 1.165) is 5.16 Å². The number of aromatic nitrogens is 2. The van der Waals surface area contributed by atoms with Gasteiger partial charge in [0.15, 0.2) is 16.7 Å². The number of hydrogen-bond acceptors (Lipinski definition) is 4. The molecule has 4 nitrogen and oxygen atoms in total. The van der Waals surface area contributed by atoms with E-state index >= 15 is 0 Å². The highest BCUT2D eigenvalue weighted by Gasteiger charge is 2.26. The highest BCUT2D eigenvalue weighted by Crippen LogP contribution is 2.27. The largest absolute Gasteiger partial charge is 0.329 e. The van der Waals surface area contributed by atoms with Crippen molar-refractivity contribution in [1.82, 2.24) is 9.55 Å². The first kappa shape index (κ1) is 17.2. The van der Waals surface area contributed by atoms with Gasteiger partial charge >= 0.3 is 0 Å². The van der Waals surface area contributed by atoms with Crippen molar-refractivity contribution in [3.05, 3.63) is 84.2 Å². The summed E-state index contributed by atoms with van der Waals surface area (Å²) in [5, 5.41) is 0.200. The number of imidazole rings is 1. The van der Waals surface area contributed by atoms with Crippen molar-refractivity contribution in [3.8, 4) is 0 Å². The zero-order chi connectivity index (χ0) is 17.6. The van der Waals surface area contributed by atoms with E-state index in [1.807, 2.05) is 54.2 Å². The van der Waals surface area contributed by atoms with Gasteiger partial charge in [-0.05, 0) is 0 Å². The Morgan fingerprint density at radius 1 is 1.00 bits per heavy atom. The van der Waals surface area contributed by atoms with Gasteiger partial charge in [-0.15, -0.1) is 0 Å². The molecule has 3 rings (SSSR count). The normalized spacial score (nSPS) is 11.9. The van der Waals surface area contributed by atoms with E-state index < -0.39 is 5.25 Å². The average Bonchev–Trinajstić information content (AvgIpc) is 3.06. The van der Waals surface area contributed by atoms with E-state index in [-0.39, 0.29) is 18.0 Å². The van der Waals surface area contributed by atoms with Gasteiger partial charge in [0.2, 0.25) is 0 Å². The molecule has 0 saturated heterocycles. The Bertz CT molecular complexity index is 860. The minimum absolute atomic E-state index is 0.0448. The van der Waals surface area contributed by atoms with Gasteiger partial charge in [0.25, 0.3) is 0 Å². The molecular weight excluding hydrogens is 332 g/mol. The highest BCUT2D eigenvalue weighted by atomic mass is 32.2. The lowest BCUT2D eigenvalue weighted by Gasteiger charge is -2.15. The third-order valence-electron chi connectivity index (χ3n) is 3.84. The molecule has 0 bridgehead atoms. The van der Waals surface area contributed by atoms with Gasteiger partial charge in [-0.2, -0.15) is 0 Å². The van der Waals surface area contributed by atoms with Crippen LogP contribution in [0.3, 0.4) is 0 Å². The van der Waals surface area contributed by atoms with Crippen LogP contribution in [0, 0.1) is 0 Å². The molecule has 126 valence electrons. The summed E-state index contributed by atoms with van der Waals surface area (Å²) in [6.45, 7) is 0. The zero-order valence-corrected chi connectivity index (χ0v) is 14.6. The number of Topliss-reactive ketones (excluding diaryl/α,β-unsaturated/α-hetero) is 2. The Morgan fingerprint density at radius 3 is 2.16 bits per heavy atom. The number of hydrogen-bond donors (Lipinski definition) is 0. The second-order valence-corrected chi connectivity index (χ2v) is 6.82. The lowest BCUT2D eigenvalue weighted by atomic mass is 10.0. The van der Waals surface area contributed by atoms with Crippen molar-refractivity contribution in [2.24, 2.45) is 7.05 Å². The number of aryl methyl sites for hydroxylation is 1. The summed E-state index contributed by atoms with van der Waals surface area (Å²) in [5.74, 6) is -0.102. The lowest BCUT2D eigenvalue weighted by Crippen LogP contribution is -2.22. The Morgan fingerprint density at radius 2 is 1.60 bits per heavy atom. The quantitative estimate of drug-likeness (QED) is 0.477. The van der Waals surface area contributed by atoms with E-state index in [9.17, 15) is 9.59 Å². The van der Waals surface area contributed by atoms with Crippen LogP contribution in [0.4, 0.5) is 0 Å². The number of thioether (sulfide) groups is 1. The number of ketones is 2. The van der Waals surface area contributed by atoms with Crippen molar-refractivity contribution < 1.29 is 9.59 Å². The Kier molecular flexibility index (Phi) is 5.46. The van der Waals surface area contributed by atoms with Crippen molar-refractivity contribution >= 4 is 23.3 Å². The van der Waals surface area contributed by atoms with Gasteiger partial charge in [-0.1, -0.05) is 72.4 Å². The monoisotopic (exact) mass is 350 g/mol. The SMILES string of the molecule is Cn1ccnc1SC(CC(=O)c1ccccc1)C(=O)c1ccccc1. The van der Waals surface area contributed by atoms with Crippen LogP contribution in [0.25, 0.3) is 0 Å². The van der Waals surface area contributed by atoms with Crippen LogP contribution in [0.5, 0.6) is 0 Å². The van der Waals surface area contributed by atoms with E-state index in [2.05, 4.69) is 4.98 Å². The maximum Gasteiger partial charge on any atom is 0.176 e. The molecule has 0 amide bonds. The van der Waals surface area contributed by atoms with Crippen molar-refractivity contribution in [1.29, 1.82) is 0 Å². The minimum Gasteiger partial charge on any atom is -0.329 e. The lowest BCUT2D eigenvalue weighted by molar-refractivity contribution is 0.0924. The molecule has 0 saturated carbocycles. The van der Waals surface area contributed by atoms with Crippen LogP contribution in [-0.4, -0.2) is 26.4 Å². The predicted molar refractivity (Wildman–Crippen MR) is 99.0 cm³/mol. The van der Waals surface area contributed by atoms with Gasteiger partial charge in [-0.25, -0.2) is 4.98 Å². The van der Waals surface area contributed by atoms with Crippen LogP contribution in [-0.2, 0) is 7.05 Å². The fraction of sp³-hybridized carbons (Fsp3) is 0.150. The first-order valence-corrected chi connectivity index (χ1v) is 8.84. The molecule has 1 aromatic heterocycles. The second kappa shape index (κ2) is 7.94. The predicted octanol–water partition coefficient (Wildman–Crippen LogP) is 4.04. The molecule has 0 aliphatic rings. The van der Waals surface area contributed by atoms with Crippen LogP contribution in [0.2, 0.25) is 0 Å². The number of rotatable bonds is 7. The van der Waals surface area contributed by atoms with E-state index in [1.54, 1.807) is 30.5 Å². The summed E-state index contributed by atoms with van der Waals surface area (Å²) in [6.07, 6.45) is 3.64. The molecular formula is C20H18N2O2S. The summed E-state index contributed by atoms with van der Waals surface area (Å²) in [4.78, 5) is 29.8. The van der Waals surface area contributed by atoms with Gasteiger partial charge < -0.3 is 4.57 Å². The van der Waals surface area contributed by atoms with Crippen LogP contribution in [0.1, 0.15) is 27.1 Å². The Hall–Kier alpha value is -2.66. The molecule has 0 fully saturated rings. The molecule has 1 unspecified atom stereocenters. The van der Waals surface area contributed by atoms with Crippen molar-refractivity contribution in [3.63, 3.8) is 0 Å². The topological polar surface area (TPSA) is 52.0 Å². The molecule has 3 aromatic rings. The molecule has 0 spiro atoms. The van der Waals surface area contributed by atoms with Gasteiger partial charge in [0, 0.05) is 37.0 Å². The standard InChI is InChI=1S/C20H18N2O2S/c1-22-13-12-21-20(22)25-18(19(24)16-10-6-3-7-11-16)14-17(23)15-8-4-2-5-9-15/h2-13,18H,14H2,1H3. The van der Waals surface area contributed by atoms with E-state index in [4.69, 9.17) is 0 Å². The summed E-state index contributed by atoms with van der Waals surface area (Å²) in [7, 11) is 1.87. The molecule has 1 heterocycles. The van der Waals surface area contributed by atoms with Crippen LogP contribution < -0.4 is 0 Å². The zero-order valence-electron chi connectivity index (χ0n) is 13.8. The van der Waals surface area contributed by atoms with E-state index in [1.165, 1.54) is 11.8 Å². The summed E-state index contributed by atoms with van der Waals surface area (Å²) in [6, 6.07) is 18.2. The summed E-state index contributed by atoms with van der Waals surface area (Å²) < 4.78 is 1.85. The molecule has 25 heavy (non-hydrogen) atoms. The molecule has 5 heteroatoms. The third-order valence-corrected chi connectivity index (χ3v) is 5.11. The maximum absolute atomic E-state index is 12.9. The number of nitrogens with zero attached hydrogens (tertiary/aromatic N) is 2. The summed E-state index contributed by atoms with van der Waals surface area (Å²) in [5.41, 5.74) is 1.23. The summed E-state index contributed by atoms with van der Waals surface area (Å²) >= 11 is 1.33. The molecule has 2 aromatic carbocycles. The van der Waals surface area contributed by atoms with Gasteiger partial charge in [-0.3, -0.25) is 9.59 Å². The Balaban J connectivity index is 1.85. The van der Waals surface area contributed by atoms with Gasteiger partial charge in [0.05, 0.1) is 5.25 Å². The molecule has 0 aliphatic carbocycles. The van der Waals surface area contributed by atoms with Crippen molar-refractivity contribution in [2.45, 2.75) is 16.8 Å². The Labute approximate surface area is 150 Å². The molecule has 0 N–H and O–H groups in total. The van der Waals surface area contributed by atoms with Crippen LogP contribution in [0.15, 0.2) is 78.2 Å². The number of carbonyl (C=O) groups excluding carboxylic acids is 2. The third kappa shape index (κ3) is 4.25. The molecule has 0 aliphatic heterocycles. The van der Waals surface area contributed by atoms with Crippen LogP contribution >= 0.6 is 11.8 Å². The van der Waals surface area contributed by atoms with E-state index in [0.29, 0.717) is 11.1 Å². The average molecular weight is 350 g/mol. The van der Waals surface area contributed by atoms with Crippen molar-refractivity contribution in [2.75, 3.05) is 0 Å². The first-order valence-electron chi connectivity index (χ1n) is 7.96. The molecule has 0 radical (unpaired) electrons. The second-order valence-electron chi connectivity index (χ2n) is 5.65. The first-order chi connectivity index (χ1) is 12.1. The van der Waals surface area contributed by atoms with Gasteiger partial charge in [0.1, 0.15) is 0 Å². The number of benzene rings is 2. The highest BCUT2D eigenvalue weighted by molar-refractivity contribution is 8.00. The maximum atomic E-state index is 12.9. The number of carbonyl (C=O) groups is 2. The minimum atomic E-state index is -0.517.